The van der Waals surface area contributed by atoms with Crippen molar-refractivity contribution in [1.29, 1.82) is 0 Å². The van der Waals surface area contributed by atoms with Crippen LogP contribution in [0.2, 0.25) is 0 Å². The van der Waals surface area contributed by atoms with Gasteiger partial charge in [0.05, 0.1) is 0 Å². The van der Waals surface area contributed by atoms with E-state index in [2.05, 4.69) is 131 Å². The third-order valence-electron chi connectivity index (χ3n) is 4.17. The normalized spacial score (nSPS) is 9.72. The van der Waals surface area contributed by atoms with Crippen LogP contribution < -0.4 is 0 Å². The first kappa shape index (κ1) is 24.7. The molecule has 150 valence electrons. The summed E-state index contributed by atoms with van der Waals surface area (Å²) in [4.78, 5) is 0. The minimum absolute atomic E-state index is 0.556. The zero-order valence-electron chi connectivity index (χ0n) is 16.1. The van der Waals surface area contributed by atoms with Gasteiger partial charge in [0.15, 0.2) is 0 Å². The SMILES string of the molecule is Cc1cc[c-](-c2ccc(Br)cc2)c1.Cc1cc[c-](-c2ccc(Br)cc2)c1.[Cl][Ti][Cl]. The third-order valence-corrected chi connectivity index (χ3v) is 5.23. The van der Waals surface area contributed by atoms with Gasteiger partial charge in [0.25, 0.3) is 0 Å². The van der Waals surface area contributed by atoms with Crippen molar-refractivity contribution in [3.8, 4) is 22.3 Å². The van der Waals surface area contributed by atoms with Gasteiger partial charge in [0, 0.05) is 8.95 Å². The van der Waals surface area contributed by atoms with E-state index in [1.54, 1.807) is 0 Å². The summed E-state index contributed by atoms with van der Waals surface area (Å²) in [6, 6.07) is 29.7. The summed E-state index contributed by atoms with van der Waals surface area (Å²) in [6.45, 7) is 4.23. The molecular weight excluding hydrogens is 567 g/mol. The van der Waals surface area contributed by atoms with Gasteiger partial charge in [0.1, 0.15) is 0 Å². The second-order valence-corrected chi connectivity index (χ2v) is 10.8. The van der Waals surface area contributed by atoms with Gasteiger partial charge in [0.2, 0.25) is 0 Å². The fraction of sp³-hybridized carbons (Fsp3) is 0.0833. The van der Waals surface area contributed by atoms with Crippen LogP contribution in [0.3, 0.4) is 0 Å². The van der Waals surface area contributed by atoms with Crippen LogP contribution in [0.25, 0.3) is 22.3 Å². The number of hydrogen-bond donors (Lipinski definition) is 0. The maximum atomic E-state index is 4.89. The van der Waals surface area contributed by atoms with E-state index in [-0.39, 0.29) is 0 Å². The molecule has 5 heteroatoms. The molecule has 0 aliphatic carbocycles. The molecule has 0 saturated carbocycles. The second-order valence-electron chi connectivity index (χ2n) is 6.44. The van der Waals surface area contributed by atoms with E-state index in [1.807, 2.05) is 0 Å². The van der Waals surface area contributed by atoms with Gasteiger partial charge < -0.3 is 0 Å². The van der Waals surface area contributed by atoms with Crippen LogP contribution in [0.4, 0.5) is 0 Å². The van der Waals surface area contributed by atoms with Gasteiger partial charge in [-0.2, -0.15) is 0 Å². The molecule has 4 rings (SSSR count). The molecule has 0 unspecified atom stereocenters. The van der Waals surface area contributed by atoms with Gasteiger partial charge in [-0.3, -0.25) is 0 Å². The molecule has 29 heavy (non-hydrogen) atoms. The maximum absolute atomic E-state index is 4.89. The van der Waals surface area contributed by atoms with Crippen molar-refractivity contribution in [2.45, 2.75) is 13.8 Å². The van der Waals surface area contributed by atoms with Crippen LogP contribution in [0.5, 0.6) is 0 Å². The standard InChI is InChI=1S/2C12H10Br.2ClH.Ti/c2*1-9-2-3-11(8-9)10-4-6-12(13)7-5-10;;;/h2*2-8H,1H3;2*1H;/q2*-1;;;+2/p-2. The molecule has 0 spiro atoms. The summed E-state index contributed by atoms with van der Waals surface area (Å²) in [5, 5.41) is 0. The average Bonchev–Trinajstić information content (AvgIpc) is 3.33. The van der Waals surface area contributed by atoms with Gasteiger partial charge >= 0.3 is 35.6 Å². The van der Waals surface area contributed by atoms with Crippen molar-refractivity contribution >= 4 is 50.5 Å². The Hall–Kier alpha value is -0.606. The Balaban J connectivity index is 0.000000183. The summed E-state index contributed by atoms with van der Waals surface area (Å²) < 4.78 is 2.25. The van der Waals surface area contributed by atoms with E-state index in [1.165, 1.54) is 33.4 Å². The van der Waals surface area contributed by atoms with Crippen LogP contribution >= 0.6 is 50.5 Å². The number of hydrogen-bond acceptors (Lipinski definition) is 0. The van der Waals surface area contributed by atoms with Crippen molar-refractivity contribution in [3.63, 3.8) is 0 Å². The monoisotopic (exact) mass is 584 g/mol. The molecule has 0 N–H and O–H groups in total. The predicted octanol–water partition coefficient (Wildman–Crippen LogP) is 9.66. The molecule has 0 aliphatic rings. The molecule has 0 radical (unpaired) electrons. The molecule has 4 aromatic carbocycles. The predicted molar refractivity (Wildman–Crippen MR) is 132 cm³/mol. The summed E-state index contributed by atoms with van der Waals surface area (Å²) in [5.74, 6) is 0. The van der Waals surface area contributed by atoms with Crippen LogP contribution in [0.15, 0.2) is 93.9 Å². The Morgan fingerprint density at radius 2 is 0.931 bits per heavy atom. The zero-order chi connectivity index (χ0) is 21.2. The molecular formula is C24H20Br2Cl2Ti-2. The summed E-state index contributed by atoms with van der Waals surface area (Å²) in [6.07, 6.45) is 0. The topological polar surface area (TPSA) is 0 Å². The van der Waals surface area contributed by atoms with E-state index >= 15 is 0 Å². The average molecular weight is 587 g/mol. The van der Waals surface area contributed by atoms with Crippen LogP contribution in [-0.2, 0) is 17.0 Å². The molecule has 0 nitrogen and oxygen atoms in total. The Labute approximate surface area is 206 Å². The van der Waals surface area contributed by atoms with Gasteiger partial charge in [-0.05, 0) is 0 Å². The van der Waals surface area contributed by atoms with Crippen molar-refractivity contribution < 1.29 is 17.0 Å². The molecule has 0 aliphatic heterocycles. The number of benzene rings is 2. The summed E-state index contributed by atoms with van der Waals surface area (Å²) in [7, 11) is 9.78. The Morgan fingerprint density at radius 1 is 0.621 bits per heavy atom. The first-order valence-electron chi connectivity index (χ1n) is 8.87. The molecule has 0 saturated heterocycles. The van der Waals surface area contributed by atoms with Crippen molar-refractivity contribution in [2.75, 3.05) is 0 Å². The third kappa shape index (κ3) is 8.57. The van der Waals surface area contributed by atoms with Crippen molar-refractivity contribution in [2.24, 2.45) is 0 Å². The molecule has 0 amide bonds. The van der Waals surface area contributed by atoms with Crippen molar-refractivity contribution in [3.05, 3.63) is 105 Å². The van der Waals surface area contributed by atoms with Gasteiger partial charge in [-0.25, -0.2) is 0 Å². The van der Waals surface area contributed by atoms with Gasteiger partial charge in [-0.15, -0.1) is 82.9 Å². The summed E-state index contributed by atoms with van der Waals surface area (Å²) in [5.41, 5.74) is 7.78. The first-order valence-corrected chi connectivity index (χ1v) is 14.8. The van der Waals surface area contributed by atoms with Gasteiger partial charge in [-0.1, -0.05) is 81.1 Å². The fourth-order valence-electron chi connectivity index (χ4n) is 2.77. The van der Waals surface area contributed by atoms with Crippen LogP contribution in [0.1, 0.15) is 11.1 Å². The van der Waals surface area contributed by atoms with Crippen LogP contribution in [0, 0.1) is 13.8 Å². The molecule has 0 atom stereocenters. The minimum atomic E-state index is -0.556. The van der Waals surface area contributed by atoms with Crippen molar-refractivity contribution in [1.82, 2.24) is 0 Å². The number of rotatable bonds is 2. The van der Waals surface area contributed by atoms with Crippen LogP contribution in [-0.4, -0.2) is 0 Å². The quantitative estimate of drug-likeness (QED) is 0.162. The molecule has 4 aromatic rings. The molecule has 0 fully saturated rings. The fourth-order valence-corrected chi connectivity index (χ4v) is 3.30. The Morgan fingerprint density at radius 3 is 1.17 bits per heavy atom. The first-order chi connectivity index (χ1) is 13.9. The summed E-state index contributed by atoms with van der Waals surface area (Å²) >= 11 is 6.29. The number of aryl methyl sites for hydroxylation is 2. The number of halogens is 4. The van der Waals surface area contributed by atoms with E-state index in [0.29, 0.717) is 0 Å². The van der Waals surface area contributed by atoms with E-state index in [0.717, 1.165) is 8.95 Å². The second kappa shape index (κ2) is 12.9. The molecule has 0 heterocycles. The van der Waals surface area contributed by atoms with E-state index in [4.69, 9.17) is 18.6 Å². The van der Waals surface area contributed by atoms with E-state index in [9.17, 15) is 0 Å². The Bertz CT molecular complexity index is 905. The Kier molecular flexibility index (Phi) is 11.0. The molecule has 0 bridgehead atoms. The van der Waals surface area contributed by atoms with E-state index < -0.39 is 17.0 Å². The zero-order valence-corrected chi connectivity index (χ0v) is 22.3. The molecule has 0 aromatic heterocycles.